The first-order valence-corrected chi connectivity index (χ1v) is 12.7. The number of aryl methyl sites for hydroxylation is 1. The summed E-state index contributed by atoms with van der Waals surface area (Å²) in [6.45, 7) is 7.50. The van der Waals surface area contributed by atoms with Crippen LogP contribution in [0.5, 0.6) is 5.88 Å². The minimum atomic E-state index is -0.561. The van der Waals surface area contributed by atoms with E-state index >= 15 is 0 Å². The van der Waals surface area contributed by atoms with E-state index < -0.39 is 6.04 Å². The predicted molar refractivity (Wildman–Crippen MR) is 140 cm³/mol. The van der Waals surface area contributed by atoms with Gasteiger partial charge in [-0.25, -0.2) is 9.97 Å². The minimum absolute atomic E-state index is 0.218. The third-order valence-corrected chi connectivity index (χ3v) is 6.96. The molecule has 3 heterocycles. The average Bonchev–Trinajstić information content (AvgIpc) is 3.34. The highest BCUT2D eigenvalue weighted by molar-refractivity contribution is 7.15. The summed E-state index contributed by atoms with van der Waals surface area (Å²) in [7, 11) is 1.93. The molecule has 0 radical (unpaired) electrons. The molecule has 2 aromatic heterocycles. The maximum absolute atomic E-state index is 12.7. The molecule has 36 heavy (non-hydrogen) atoms. The van der Waals surface area contributed by atoms with Crippen LogP contribution in [0.25, 0.3) is 0 Å². The Kier molecular flexibility index (Phi) is 8.44. The lowest BCUT2D eigenvalue weighted by Gasteiger charge is -2.38. The molecule has 1 aliphatic carbocycles. The van der Waals surface area contributed by atoms with Crippen LogP contribution in [0.3, 0.4) is 0 Å². The van der Waals surface area contributed by atoms with Gasteiger partial charge in [0.1, 0.15) is 24.3 Å². The van der Waals surface area contributed by atoms with Crippen LogP contribution in [0.4, 0.5) is 10.9 Å². The van der Waals surface area contributed by atoms with Crippen LogP contribution >= 0.6 is 11.3 Å². The van der Waals surface area contributed by atoms with Crippen molar-refractivity contribution in [1.82, 2.24) is 30.1 Å². The lowest BCUT2D eigenvalue weighted by molar-refractivity contribution is -0.140. The third-order valence-electron chi connectivity index (χ3n) is 5.91. The minimum Gasteiger partial charge on any atom is -0.476 e. The van der Waals surface area contributed by atoms with Crippen LogP contribution < -0.4 is 15.4 Å². The van der Waals surface area contributed by atoms with Crippen molar-refractivity contribution in [2.24, 2.45) is 0 Å². The fraction of sp³-hybridized carbons (Fsp3) is 0.400. The van der Waals surface area contributed by atoms with E-state index in [4.69, 9.17) is 4.74 Å². The van der Waals surface area contributed by atoms with Crippen LogP contribution in [-0.4, -0.2) is 82.4 Å². The number of carbonyl (C=O) groups is 2. The standard InChI is InChI=1S/C25H31N7O3S/c1-4-23(33)32-12-11-31(3)16-19(32)24(34)26-10-13-35-22-14-21(28-17(2)29-22)30-25-27-15-20(36-25)18-8-6-5-7-9-18/h4-8,14-15,18-19H,1,9-13,16H2,2-3H3,(H,26,34)(H,27,28,29,30)/t18?,19-/m0/s1. The van der Waals surface area contributed by atoms with Crippen LogP contribution in [-0.2, 0) is 9.59 Å². The number of hydrogen-bond donors (Lipinski definition) is 2. The van der Waals surface area contributed by atoms with Crippen molar-refractivity contribution in [3.63, 3.8) is 0 Å². The number of allylic oxidation sites excluding steroid dienone is 4. The van der Waals surface area contributed by atoms with Gasteiger partial charge in [-0.05, 0) is 26.5 Å². The molecule has 0 spiro atoms. The summed E-state index contributed by atoms with van der Waals surface area (Å²) in [4.78, 5) is 42.9. The number of rotatable bonds is 9. The fourth-order valence-corrected chi connectivity index (χ4v) is 4.98. The van der Waals surface area contributed by atoms with Crippen LogP contribution in [0, 0.1) is 6.92 Å². The van der Waals surface area contributed by atoms with E-state index in [9.17, 15) is 9.59 Å². The predicted octanol–water partition coefficient (Wildman–Crippen LogP) is 2.41. The summed E-state index contributed by atoms with van der Waals surface area (Å²) in [5.41, 5.74) is 0. The Bertz CT molecular complexity index is 1160. The Morgan fingerprint density at radius 1 is 1.31 bits per heavy atom. The van der Waals surface area contributed by atoms with Crippen molar-refractivity contribution in [2.45, 2.75) is 25.3 Å². The van der Waals surface area contributed by atoms with Crippen molar-refractivity contribution in [1.29, 1.82) is 0 Å². The van der Waals surface area contributed by atoms with E-state index in [-0.39, 0.29) is 25.0 Å². The van der Waals surface area contributed by atoms with E-state index in [0.29, 0.717) is 43.1 Å². The van der Waals surface area contributed by atoms with E-state index in [1.807, 2.05) is 18.1 Å². The van der Waals surface area contributed by atoms with Crippen LogP contribution in [0.1, 0.15) is 23.0 Å². The van der Waals surface area contributed by atoms with Gasteiger partial charge in [-0.1, -0.05) is 30.9 Å². The van der Waals surface area contributed by atoms with Gasteiger partial charge in [0, 0.05) is 42.7 Å². The molecule has 0 saturated carbocycles. The number of anilines is 2. The molecule has 2 N–H and O–H groups in total. The van der Waals surface area contributed by atoms with Gasteiger partial charge in [0.15, 0.2) is 5.13 Å². The SMILES string of the molecule is C=CC(=O)N1CCN(C)C[C@H]1C(=O)NCCOc1cc(Nc2ncc(C3C=CC=CC3)s2)nc(C)n1. The topological polar surface area (TPSA) is 113 Å². The van der Waals surface area contributed by atoms with Crippen molar-refractivity contribution in [3.05, 3.63) is 59.9 Å². The molecule has 2 aliphatic rings. The maximum atomic E-state index is 12.7. The van der Waals surface area contributed by atoms with Crippen molar-refractivity contribution in [2.75, 3.05) is 45.2 Å². The Hall–Kier alpha value is -3.57. The van der Waals surface area contributed by atoms with Crippen molar-refractivity contribution < 1.29 is 14.3 Å². The van der Waals surface area contributed by atoms with Gasteiger partial charge in [-0.3, -0.25) is 9.59 Å². The van der Waals surface area contributed by atoms with E-state index in [0.717, 1.165) is 11.6 Å². The summed E-state index contributed by atoms with van der Waals surface area (Å²) < 4.78 is 5.77. The van der Waals surface area contributed by atoms with Gasteiger partial charge >= 0.3 is 0 Å². The maximum Gasteiger partial charge on any atom is 0.246 e. The first kappa shape index (κ1) is 25.5. The zero-order valence-electron chi connectivity index (χ0n) is 20.5. The van der Waals surface area contributed by atoms with E-state index in [1.54, 1.807) is 29.2 Å². The molecule has 0 bridgehead atoms. The molecular weight excluding hydrogens is 478 g/mol. The molecular formula is C25H31N7O3S. The summed E-state index contributed by atoms with van der Waals surface area (Å²) in [6, 6.07) is 1.15. The molecule has 4 rings (SSSR count). The van der Waals surface area contributed by atoms with Gasteiger partial charge in [0.05, 0.1) is 6.54 Å². The number of ether oxygens (including phenoxy) is 1. The van der Waals surface area contributed by atoms with Gasteiger partial charge in [0.2, 0.25) is 17.7 Å². The monoisotopic (exact) mass is 509 g/mol. The number of nitrogens with zero attached hydrogens (tertiary/aromatic N) is 5. The number of piperazine rings is 1. The van der Waals surface area contributed by atoms with Gasteiger partial charge in [-0.15, -0.1) is 11.3 Å². The lowest BCUT2D eigenvalue weighted by atomic mass is 10.0. The summed E-state index contributed by atoms with van der Waals surface area (Å²) in [5, 5.41) is 6.84. The second-order valence-electron chi connectivity index (χ2n) is 8.64. The first-order chi connectivity index (χ1) is 17.4. The number of nitrogens with one attached hydrogen (secondary N) is 2. The summed E-state index contributed by atoms with van der Waals surface area (Å²) in [6.07, 6.45) is 12.6. The number of amides is 2. The Morgan fingerprint density at radius 2 is 2.17 bits per heavy atom. The zero-order valence-corrected chi connectivity index (χ0v) is 21.3. The molecule has 1 aliphatic heterocycles. The number of hydrogen-bond acceptors (Lipinski definition) is 9. The van der Waals surface area contributed by atoms with E-state index in [2.05, 4.69) is 56.5 Å². The first-order valence-electron chi connectivity index (χ1n) is 11.9. The number of aromatic nitrogens is 3. The molecule has 2 aromatic rings. The van der Waals surface area contributed by atoms with E-state index in [1.165, 1.54) is 11.0 Å². The summed E-state index contributed by atoms with van der Waals surface area (Å²) in [5.74, 6) is 1.43. The Balaban J connectivity index is 1.29. The zero-order chi connectivity index (χ0) is 25.5. The lowest BCUT2D eigenvalue weighted by Crippen LogP contribution is -2.59. The molecule has 1 fully saturated rings. The number of likely N-dealkylation sites (N-methyl/N-ethyl adjacent to an activating group) is 1. The Morgan fingerprint density at radius 3 is 2.94 bits per heavy atom. The second-order valence-corrected chi connectivity index (χ2v) is 9.70. The fourth-order valence-electron chi connectivity index (χ4n) is 4.07. The highest BCUT2D eigenvalue weighted by Gasteiger charge is 2.32. The molecule has 2 atom stereocenters. The second kappa shape index (κ2) is 11.9. The molecule has 10 nitrogen and oxygen atoms in total. The van der Waals surface area contributed by atoms with Gasteiger partial charge in [-0.2, -0.15) is 4.98 Å². The molecule has 2 amide bonds. The molecule has 0 aromatic carbocycles. The highest BCUT2D eigenvalue weighted by Crippen LogP contribution is 2.32. The van der Waals surface area contributed by atoms with Gasteiger partial charge in [0.25, 0.3) is 0 Å². The van der Waals surface area contributed by atoms with Crippen molar-refractivity contribution >= 4 is 34.1 Å². The number of thiazole rings is 1. The normalized spacial score (nSPS) is 19.7. The van der Waals surface area contributed by atoms with Crippen LogP contribution in [0.2, 0.25) is 0 Å². The smallest absolute Gasteiger partial charge is 0.246 e. The van der Waals surface area contributed by atoms with Crippen LogP contribution in [0.15, 0.2) is 49.2 Å². The average molecular weight is 510 g/mol. The number of carbonyl (C=O) groups excluding carboxylic acids is 2. The van der Waals surface area contributed by atoms with Gasteiger partial charge < -0.3 is 25.2 Å². The molecule has 11 heteroatoms. The highest BCUT2D eigenvalue weighted by atomic mass is 32.1. The molecule has 1 saturated heterocycles. The third kappa shape index (κ3) is 6.55. The van der Waals surface area contributed by atoms with Crippen molar-refractivity contribution in [3.8, 4) is 5.88 Å². The quantitative estimate of drug-likeness (QED) is 0.392. The largest absolute Gasteiger partial charge is 0.476 e. The molecule has 190 valence electrons. The summed E-state index contributed by atoms with van der Waals surface area (Å²) >= 11 is 1.59. The molecule has 1 unspecified atom stereocenters. The Labute approximate surface area is 214 Å².